The summed E-state index contributed by atoms with van der Waals surface area (Å²) in [6.07, 6.45) is 0. The van der Waals surface area contributed by atoms with Crippen LogP contribution in [0.1, 0.15) is 5.56 Å². The van der Waals surface area contributed by atoms with Gasteiger partial charge in [0.1, 0.15) is 20.3 Å². The average molecular weight is 619 g/mol. The summed E-state index contributed by atoms with van der Waals surface area (Å²) < 4.78 is 7.05. The minimum Gasteiger partial charge on any atom is -0.455 e. The van der Waals surface area contributed by atoms with Crippen molar-refractivity contribution in [3.8, 4) is 44.9 Å². The Kier molecular flexibility index (Phi) is 7.70. The molecule has 0 aliphatic heterocycles. The lowest BCUT2D eigenvalue weighted by Gasteiger charge is -2.23. The fraction of sp³-hybridized carbons (Fsp3) is 0.0222. The normalized spacial score (nSPS) is 11.3. The maximum Gasteiger partial charge on any atom is 0.143 e. The monoisotopic (exact) mass is 618 g/mol. The maximum atomic E-state index is 7.05. The van der Waals surface area contributed by atoms with Gasteiger partial charge in [-0.15, -0.1) is 0 Å². The summed E-state index contributed by atoms with van der Waals surface area (Å²) in [7, 11) is -1.88. The van der Waals surface area contributed by atoms with Crippen LogP contribution in [0.25, 0.3) is 55.7 Å². The van der Waals surface area contributed by atoms with Crippen molar-refractivity contribution in [3.05, 3.63) is 188 Å². The first kappa shape index (κ1) is 28.7. The second-order valence-electron chi connectivity index (χ2n) is 12.1. The molecular weight excluding hydrogens is 585 g/mol. The number of rotatable bonds is 7. The molecule has 0 saturated heterocycles. The summed E-state index contributed by atoms with van der Waals surface area (Å²) in [5.74, 6) is 1.81. The first-order valence-corrected chi connectivity index (χ1v) is 18.0. The molecular formula is C45H34OSi. The van der Waals surface area contributed by atoms with E-state index in [1.807, 2.05) is 0 Å². The number of hydrogen-bond donors (Lipinski definition) is 0. The zero-order valence-electron chi connectivity index (χ0n) is 26.3. The number of fused-ring (bicyclic) bond motifs is 1. The molecule has 8 aromatic rings. The van der Waals surface area contributed by atoms with Crippen LogP contribution in [0.2, 0.25) is 0 Å². The highest BCUT2D eigenvalue weighted by Crippen LogP contribution is 2.43. The third kappa shape index (κ3) is 5.43. The molecule has 0 fully saturated rings. The summed E-state index contributed by atoms with van der Waals surface area (Å²) >= 11 is 0. The Morgan fingerprint density at radius 2 is 0.872 bits per heavy atom. The number of aryl methyl sites for hydroxylation is 1. The first-order chi connectivity index (χ1) is 23.3. The molecule has 47 heavy (non-hydrogen) atoms. The van der Waals surface area contributed by atoms with E-state index in [1.165, 1.54) is 43.4 Å². The molecule has 0 bridgehead atoms. The molecule has 0 aliphatic carbocycles. The molecule has 1 nitrogen and oxygen atoms in total. The summed E-state index contributed by atoms with van der Waals surface area (Å²) in [4.78, 5) is 0. The molecule has 0 saturated carbocycles. The molecule has 0 spiro atoms. The Morgan fingerprint density at radius 3 is 1.51 bits per heavy atom. The van der Waals surface area contributed by atoms with Crippen LogP contribution in [0, 0.1) is 6.92 Å². The molecule has 0 N–H and O–H groups in total. The van der Waals surface area contributed by atoms with Crippen molar-refractivity contribution in [3.63, 3.8) is 0 Å². The highest BCUT2D eigenvalue weighted by atomic mass is 28.3. The summed E-state index contributed by atoms with van der Waals surface area (Å²) in [6, 6.07) is 65.6. The molecule has 0 radical (unpaired) electrons. The van der Waals surface area contributed by atoms with Crippen molar-refractivity contribution in [1.82, 2.24) is 0 Å². The predicted octanol–water partition coefficient (Wildman–Crippen LogP) is 9.66. The Bertz CT molecular complexity index is 2250. The Hall–Kier alpha value is -5.70. The van der Waals surface area contributed by atoms with Crippen LogP contribution in [-0.2, 0) is 0 Å². The van der Waals surface area contributed by atoms with Gasteiger partial charge in [-0.2, -0.15) is 0 Å². The van der Waals surface area contributed by atoms with Gasteiger partial charge < -0.3 is 4.42 Å². The minimum atomic E-state index is -1.88. The third-order valence-corrected chi connectivity index (χ3v) is 12.4. The van der Waals surface area contributed by atoms with Gasteiger partial charge in [-0.05, 0) is 39.9 Å². The van der Waals surface area contributed by atoms with Gasteiger partial charge in [-0.3, -0.25) is 0 Å². The highest BCUT2D eigenvalue weighted by molar-refractivity contribution is 6.96. The van der Waals surface area contributed by atoms with E-state index in [-0.39, 0.29) is 0 Å². The predicted molar refractivity (Wildman–Crippen MR) is 202 cm³/mol. The first-order valence-electron chi connectivity index (χ1n) is 16.2. The lowest BCUT2D eigenvalue weighted by Crippen LogP contribution is -2.52. The van der Waals surface area contributed by atoms with Gasteiger partial charge in [-0.25, -0.2) is 0 Å². The second kappa shape index (κ2) is 12.6. The van der Waals surface area contributed by atoms with Gasteiger partial charge in [0.25, 0.3) is 0 Å². The quantitative estimate of drug-likeness (QED) is 0.128. The lowest BCUT2D eigenvalue weighted by atomic mass is 9.93. The number of hydrogen-bond acceptors (Lipinski definition) is 1. The third-order valence-electron chi connectivity index (χ3n) is 9.21. The van der Waals surface area contributed by atoms with Crippen LogP contribution >= 0.6 is 0 Å². The topological polar surface area (TPSA) is 13.1 Å². The number of benzene rings is 7. The molecule has 0 amide bonds. The van der Waals surface area contributed by atoms with Crippen molar-refractivity contribution in [2.75, 3.05) is 0 Å². The van der Waals surface area contributed by atoms with Crippen LogP contribution < -0.4 is 15.6 Å². The second-order valence-corrected chi connectivity index (χ2v) is 14.9. The Labute approximate surface area is 278 Å². The largest absolute Gasteiger partial charge is 0.455 e. The van der Waals surface area contributed by atoms with E-state index in [0.29, 0.717) is 0 Å². The van der Waals surface area contributed by atoms with Crippen molar-refractivity contribution in [2.45, 2.75) is 6.92 Å². The molecule has 7 aromatic carbocycles. The van der Waals surface area contributed by atoms with Gasteiger partial charge in [0.2, 0.25) is 0 Å². The van der Waals surface area contributed by atoms with Crippen molar-refractivity contribution >= 4 is 35.1 Å². The SMILES string of the molecule is Cc1ccccc1-c1c(-c2oc(-c3ccc(-c4ccccc4)cc3)c3ccccc23)cccc1[SiH](c1ccccc1)c1ccccc1. The smallest absolute Gasteiger partial charge is 0.143 e. The van der Waals surface area contributed by atoms with Crippen LogP contribution in [-0.4, -0.2) is 8.80 Å². The van der Waals surface area contributed by atoms with E-state index >= 15 is 0 Å². The van der Waals surface area contributed by atoms with Gasteiger partial charge in [0.15, 0.2) is 0 Å². The maximum absolute atomic E-state index is 7.05. The fourth-order valence-corrected chi connectivity index (χ4v) is 10.2. The van der Waals surface area contributed by atoms with Crippen LogP contribution in [0.15, 0.2) is 186 Å². The Balaban J connectivity index is 1.37. The van der Waals surface area contributed by atoms with Crippen LogP contribution in [0.4, 0.5) is 0 Å². The summed E-state index contributed by atoms with van der Waals surface area (Å²) in [6.45, 7) is 2.22. The van der Waals surface area contributed by atoms with E-state index in [0.717, 1.165) is 33.4 Å². The zero-order valence-corrected chi connectivity index (χ0v) is 27.5. The summed E-state index contributed by atoms with van der Waals surface area (Å²) in [5.41, 5.74) is 8.36. The van der Waals surface area contributed by atoms with Gasteiger partial charge in [0.05, 0.1) is 0 Å². The molecule has 0 aliphatic rings. The van der Waals surface area contributed by atoms with Crippen molar-refractivity contribution in [2.24, 2.45) is 0 Å². The number of furan rings is 1. The standard InChI is InChI=1S/C45H34OSi/c1-32-16-11-12-23-38(32)43-41(26-15-27-42(43)47(36-19-7-3-8-20-36)37-21-9-4-10-22-37)45-40-25-14-13-24-39(40)44(46-45)35-30-28-34(29-31-35)33-17-5-2-6-18-33/h2-31,47H,1H3. The van der Waals surface area contributed by atoms with E-state index in [1.54, 1.807) is 0 Å². The van der Waals surface area contributed by atoms with Crippen LogP contribution in [0.5, 0.6) is 0 Å². The Morgan fingerprint density at radius 1 is 0.383 bits per heavy atom. The molecule has 8 rings (SSSR count). The van der Waals surface area contributed by atoms with E-state index in [9.17, 15) is 0 Å². The van der Waals surface area contributed by atoms with E-state index in [2.05, 4.69) is 189 Å². The van der Waals surface area contributed by atoms with E-state index in [4.69, 9.17) is 4.42 Å². The van der Waals surface area contributed by atoms with Gasteiger partial charge in [0, 0.05) is 21.9 Å². The molecule has 0 atom stereocenters. The van der Waals surface area contributed by atoms with Crippen molar-refractivity contribution < 1.29 is 4.42 Å². The van der Waals surface area contributed by atoms with Gasteiger partial charge >= 0.3 is 0 Å². The molecule has 1 heterocycles. The van der Waals surface area contributed by atoms with Crippen LogP contribution in [0.3, 0.4) is 0 Å². The molecule has 1 aromatic heterocycles. The molecule has 2 heteroatoms. The lowest BCUT2D eigenvalue weighted by molar-refractivity contribution is 0.602. The zero-order chi connectivity index (χ0) is 31.6. The fourth-order valence-electron chi connectivity index (χ4n) is 6.95. The van der Waals surface area contributed by atoms with Crippen molar-refractivity contribution in [1.29, 1.82) is 0 Å². The van der Waals surface area contributed by atoms with E-state index < -0.39 is 8.80 Å². The molecule has 0 unspecified atom stereocenters. The minimum absolute atomic E-state index is 0.899. The molecule has 224 valence electrons. The van der Waals surface area contributed by atoms with Gasteiger partial charge in [-0.1, -0.05) is 192 Å². The summed E-state index contributed by atoms with van der Waals surface area (Å²) in [5, 5.41) is 6.43. The highest BCUT2D eigenvalue weighted by Gasteiger charge is 2.27. The average Bonchev–Trinajstić information content (AvgIpc) is 3.53.